The molecule has 1 fully saturated rings. The highest BCUT2D eigenvalue weighted by molar-refractivity contribution is 7.89. The van der Waals surface area contributed by atoms with Crippen LogP contribution in [-0.2, 0) is 21.3 Å². The standard InChI is InChI=1S/C16H20FN3O3S/c1-12-16(24(21,22)19-6-8-23-9-7-19)13(2)20(18-12)11-14-4-3-5-15(17)10-14/h3-5,10H,6-9,11H2,1-2H3. The van der Waals surface area contributed by atoms with E-state index in [0.29, 0.717) is 44.2 Å². The van der Waals surface area contributed by atoms with Gasteiger partial charge in [0.05, 0.1) is 31.1 Å². The summed E-state index contributed by atoms with van der Waals surface area (Å²) in [6.45, 7) is 5.22. The van der Waals surface area contributed by atoms with Crippen molar-refractivity contribution in [2.24, 2.45) is 0 Å². The largest absolute Gasteiger partial charge is 0.379 e. The number of morpholine rings is 1. The predicted octanol–water partition coefficient (Wildman–Crippen LogP) is 1.71. The second-order valence-corrected chi connectivity index (χ2v) is 7.68. The number of hydrogen-bond acceptors (Lipinski definition) is 4. The molecule has 6 nitrogen and oxygen atoms in total. The summed E-state index contributed by atoms with van der Waals surface area (Å²) >= 11 is 0. The zero-order chi connectivity index (χ0) is 17.3. The van der Waals surface area contributed by atoms with Crippen LogP contribution in [0, 0.1) is 19.7 Å². The highest BCUT2D eigenvalue weighted by Crippen LogP contribution is 2.24. The van der Waals surface area contributed by atoms with E-state index in [0.717, 1.165) is 5.56 Å². The normalized spacial score (nSPS) is 16.5. The Morgan fingerprint density at radius 2 is 1.96 bits per heavy atom. The molecular formula is C16H20FN3O3S. The highest BCUT2D eigenvalue weighted by Gasteiger charge is 2.31. The zero-order valence-corrected chi connectivity index (χ0v) is 14.5. The smallest absolute Gasteiger partial charge is 0.246 e. The van der Waals surface area contributed by atoms with Gasteiger partial charge in [0, 0.05) is 13.1 Å². The summed E-state index contributed by atoms with van der Waals surface area (Å²) < 4.78 is 47.4. The van der Waals surface area contributed by atoms with Gasteiger partial charge in [-0.3, -0.25) is 4.68 Å². The van der Waals surface area contributed by atoms with Gasteiger partial charge < -0.3 is 4.74 Å². The van der Waals surface area contributed by atoms with Crippen molar-refractivity contribution >= 4 is 10.0 Å². The maximum Gasteiger partial charge on any atom is 0.246 e. The molecule has 0 radical (unpaired) electrons. The van der Waals surface area contributed by atoms with Crippen LogP contribution < -0.4 is 0 Å². The van der Waals surface area contributed by atoms with Crippen molar-refractivity contribution in [1.29, 1.82) is 0 Å². The van der Waals surface area contributed by atoms with Crippen molar-refractivity contribution in [1.82, 2.24) is 14.1 Å². The summed E-state index contributed by atoms with van der Waals surface area (Å²) in [4.78, 5) is 0.237. The van der Waals surface area contributed by atoms with Gasteiger partial charge in [-0.15, -0.1) is 0 Å². The molecule has 0 spiro atoms. The van der Waals surface area contributed by atoms with Crippen molar-refractivity contribution in [3.63, 3.8) is 0 Å². The van der Waals surface area contributed by atoms with Gasteiger partial charge in [-0.1, -0.05) is 12.1 Å². The predicted molar refractivity (Wildman–Crippen MR) is 86.8 cm³/mol. The molecule has 0 bridgehead atoms. The average molecular weight is 353 g/mol. The second-order valence-electron chi connectivity index (χ2n) is 5.80. The molecule has 24 heavy (non-hydrogen) atoms. The molecule has 0 amide bonds. The van der Waals surface area contributed by atoms with Crippen LogP contribution in [0.4, 0.5) is 4.39 Å². The van der Waals surface area contributed by atoms with Gasteiger partial charge in [-0.25, -0.2) is 12.8 Å². The lowest BCUT2D eigenvalue weighted by Crippen LogP contribution is -2.41. The summed E-state index contributed by atoms with van der Waals surface area (Å²) in [5.41, 5.74) is 1.74. The minimum absolute atomic E-state index is 0.237. The van der Waals surface area contributed by atoms with E-state index in [2.05, 4.69) is 5.10 Å². The minimum Gasteiger partial charge on any atom is -0.379 e. The maximum absolute atomic E-state index is 13.3. The minimum atomic E-state index is -3.61. The van der Waals surface area contributed by atoms with Crippen molar-refractivity contribution in [2.45, 2.75) is 25.3 Å². The van der Waals surface area contributed by atoms with Crippen LogP contribution in [0.3, 0.4) is 0 Å². The topological polar surface area (TPSA) is 64.4 Å². The van der Waals surface area contributed by atoms with E-state index in [-0.39, 0.29) is 10.7 Å². The van der Waals surface area contributed by atoms with Crippen molar-refractivity contribution < 1.29 is 17.5 Å². The monoisotopic (exact) mass is 353 g/mol. The Hall–Kier alpha value is -1.77. The SMILES string of the molecule is Cc1nn(Cc2cccc(F)c2)c(C)c1S(=O)(=O)N1CCOCC1. The number of rotatable bonds is 4. The number of sulfonamides is 1. The Morgan fingerprint density at radius 3 is 2.62 bits per heavy atom. The molecule has 8 heteroatoms. The summed E-state index contributed by atoms with van der Waals surface area (Å²) in [5, 5.41) is 4.35. The molecule has 130 valence electrons. The summed E-state index contributed by atoms with van der Waals surface area (Å²) in [6, 6.07) is 6.21. The van der Waals surface area contributed by atoms with Crippen LogP contribution in [0.5, 0.6) is 0 Å². The van der Waals surface area contributed by atoms with E-state index < -0.39 is 10.0 Å². The Kier molecular flexibility index (Phi) is 4.71. The number of hydrogen-bond donors (Lipinski definition) is 0. The average Bonchev–Trinajstić information content (AvgIpc) is 2.82. The number of aryl methyl sites for hydroxylation is 1. The second kappa shape index (κ2) is 6.62. The summed E-state index contributed by atoms with van der Waals surface area (Å²) in [6.07, 6.45) is 0. The first-order valence-corrected chi connectivity index (χ1v) is 9.20. The molecule has 1 saturated heterocycles. The fourth-order valence-corrected chi connectivity index (χ4v) is 4.71. The Balaban J connectivity index is 1.94. The molecule has 1 aliphatic heterocycles. The zero-order valence-electron chi connectivity index (χ0n) is 13.7. The molecule has 3 rings (SSSR count). The molecule has 0 N–H and O–H groups in total. The van der Waals surface area contributed by atoms with Gasteiger partial charge in [0.1, 0.15) is 10.7 Å². The molecule has 2 aromatic rings. The molecule has 0 saturated carbocycles. The Morgan fingerprint density at radius 1 is 1.25 bits per heavy atom. The lowest BCUT2D eigenvalue weighted by Gasteiger charge is -2.26. The van der Waals surface area contributed by atoms with Crippen molar-refractivity contribution in [2.75, 3.05) is 26.3 Å². The van der Waals surface area contributed by atoms with E-state index >= 15 is 0 Å². The van der Waals surface area contributed by atoms with Gasteiger partial charge in [-0.05, 0) is 31.5 Å². The first-order chi connectivity index (χ1) is 11.4. The Labute approximate surface area is 140 Å². The fourth-order valence-electron chi connectivity index (χ4n) is 2.93. The third kappa shape index (κ3) is 3.22. The third-order valence-electron chi connectivity index (χ3n) is 4.10. The van der Waals surface area contributed by atoms with E-state index in [1.807, 2.05) is 0 Å². The molecule has 1 aromatic heterocycles. The lowest BCUT2D eigenvalue weighted by molar-refractivity contribution is 0.0730. The van der Waals surface area contributed by atoms with Crippen LogP contribution >= 0.6 is 0 Å². The van der Waals surface area contributed by atoms with Crippen molar-refractivity contribution in [3.05, 3.63) is 47.0 Å². The molecular weight excluding hydrogens is 333 g/mol. The molecule has 0 atom stereocenters. The molecule has 2 heterocycles. The number of aromatic nitrogens is 2. The van der Waals surface area contributed by atoms with E-state index in [1.54, 1.807) is 30.7 Å². The first kappa shape index (κ1) is 17.1. The highest BCUT2D eigenvalue weighted by atomic mass is 32.2. The van der Waals surface area contributed by atoms with Gasteiger partial charge in [0.15, 0.2) is 0 Å². The maximum atomic E-state index is 13.3. The quantitative estimate of drug-likeness (QED) is 0.839. The van der Waals surface area contributed by atoms with Crippen LogP contribution in [-0.4, -0.2) is 48.8 Å². The van der Waals surface area contributed by atoms with Crippen LogP contribution in [0.2, 0.25) is 0 Å². The van der Waals surface area contributed by atoms with Crippen molar-refractivity contribution in [3.8, 4) is 0 Å². The van der Waals surface area contributed by atoms with E-state index in [9.17, 15) is 12.8 Å². The third-order valence-corrected chi connectivity index (χ3v) is 6.26. The van der Waals surface area contributed by atoms with Gasteiger partial charge in [0.25, 0.3) is 0 Å². The van der Waals surface area contributed by atoms with Crippen LogP contribution in [0.15, 0.2) is 29.2 Å². The summed E-state index contributed by atoms with van der Waals surface area (Å²) in [5.74, 6) is -0.324. The number of ether oxygens (including phenoxy) is 1. The van der Waals surface area contributed by atoms with E-state index in [4.69, 9.17) is 4.74 Å². The van der Waals surface area contributed by atoms with Gasteiger partial charge in [-0.2, -0.15) is 9.40 Å². The lowest BCUT2D eigenvalue weighted by atomic mass is 10.2. The van der Waals surface area contributed by atoms with Crippen LogP contribution in [0.1, 0.15) is 17.0 Å². The van der Waals surface area contributed by atoms with Gasteiger partial charge in [0.2, 0.25) is 10.0 Å². The molecule has 1 aromatic carbocycles. The van der Waals surface area contributed by atoms with Crippen LogP contribution in [0.25, 0.3) is 0 Å². The molecule has 0 aliphatic carbocycles. The molecule has 1 aliphatic rings. The number of halogens is 1. The fraction of sp³-hybridized carbons (Fsp3) is 0.438. The van der Waals surface area contributed by atoms with Gasteiger partial charge >= 0.3 is 0 Å². The molecule has 0 unspecified atom stereocenters. The summed E-state index contributed by atoms with van der Waals surface area (Å²) in [7, 11) is -3.61. The Bertz CT molecular complexity index is 842. The number of nitrogens with zero attached hydrogens (tertiary/aromatic N) is 3. The number of benzene rings is 1. The first-order valence-electron chi connectivity index (χ1n) is 7.76. The van der Waals surface area contributed by atoms with E-state index in [1.165, 1.54) is 16.4 Å².